The molecule has 1 atom stereocenters. The molecule has 5 nitrogen and oxygen atoms in total. The highest BCUT2D eigenvalue weighted by atomic mass is 79.9. The van der Waals surface area contributed by atoms with E-state index in [1.54, 1.807) is 24.3 Å². The molecule has 0 heterocycles. The van der Waals surface area contributed by atoms with E-state index in [1.807, 2.05) is 42.5 Å². The number of halogens is 1. The van der Waals surface area contributed by atoms with Crippen molar-refractivity contribution in [1.29, 1.82) is 0 Å². The Morgan fingerprint density at radius 2 is 1.75 bits per heavy atom. The summed E-state index contributed by atoms with van der Waals surface area (Å²) in [5.74, 6) is 0.111. The Balaban J connectivity index is 1.37. The molecule has 0 bridgehead atoms. The summed E-state index contributed by atoms with van der Waals surface area (Å²) in [6.45, 7) is 0.445. The zero-order chi connectivity index (χ0) is 22.3. The van der Waals surface area contributed by atoms with Crippen LogP contribution in [0.15, 0.2) is 101 Å². The number of aliphatic hydroxyl groups excluding tert-OH is 1. The largest absolute Gasteiger partial charge is 0.488 e. The highest BCUT2D eigenvalue weighted by molar-refractivity contribution is 9.10. The van der Waals surface area contributed by atoms with Crippen LogP contribution in [-0.4, -0.2) is 17.2 Å². The molecule has 0 aliphatic rings. The third-order valence-electron chi connectivity index (χ3n) is 4.97. The summed E-state index contributed by atoms with van der Waals surface area (Å²) in [6.07, 6.45) is 0.236. The van der Waals surface area contributed by atoms with E-state index < -0.39 is 12.0 Å². The number of benzene rings is 4. The van der Waals surface area contributed by atoms with Gasteiger partial charge in [0.15, 0.2) is 6.10 Å². The maximum Gasteiger partial charge on any atom is 0.273 e. The third-order valence-corrected chi connectivity index (χ3v) is 5.59. The summed E-state index contributed by atoms with van der Waals surface area (Å²) in [6, 6.07) is 28.6. The molecule has 0 saturated heterocycles. The molecule has 0 unspecified atom stereocenters. The van der Waals surface area contributed by atoms with Crippen LogP contribution in [0.2, 0.25) is 0 Å². The van der Waals surface area contributed by atoms with Crippen LogP contribution in [-0.2, 0) is 11.4 Å². The molecule has 0 saturated carbocycles. The molecule has 160 valence electrons. The number of fused-ring (bicyclic) bond motifs is 1. The van der Waals surface area contributed by atoms with Gasteiger partial charge < -0.3 is 9.84 Å². The Morgan fingerprint density at radius 3 is 2.56 bits per heavy atom. The number of hydrogen-bond donors (Lipinski definition) is 2. The minimum Gasteiger partial charge on any atom is -0.488 e. The number of nitrogens with zero attached hydrogens (tertiary/aromatic N) is 1. The maximum atomic E-state index is 12.1. The quantitative estimate of drug-likeness (QED) is 0.271. The number of amides is 1. The van der Waals surface area contributed by atoms with Crippen LogP contribution in [0, 0.1) is 0 Å². The van der Waals surface area contributed by atoms with Gasteiger partial charge in [-0.2, -0.15) is 5.10 Å². The minimum atomic E-state index is -1.27. The van der Waals surface area contributed by atoms with Crippen LogP contribution < -0.4 is 10.2 Å². The average molecular weight is 489 g/mol. The van der Waals surface area contributed by atoms with Crippen molar-refractivity contribution in [3.05, 3.63) is 112 Å². The van der Waals surface area contributed by atoms with Gasteiger partial charge in [-0.15, -0.1) is 0 Å². The number of rotatable bonds is 7. The number of hydrazone groups is 1. The topological polar surface area (TPSA) is 70.9 Å². The smallest absolute Gasteiger partial charge is 0.273 e. The number of nitrogens with one attached hydrogen (secondary N) is 1. The van der Waals surface area contributed by atoms with Gasteiger partial charge >= 0.3 is 0 Å². The fraction of sp³-hybridized carbons (Fsp3) is 0.0769. The van der Waals surface area contributed by atoms with Crippen molar-refractivity contribution in [2.75, 3.05) is 0 Å². The lowest BCUT2D eigenvalue weighted by Crippen LogP contribution is -2.25. The van der Waals surface area contributed by atoms with Crippen LogP contribution in [0.1, 0.15) is 22.8 Å². The first-order valence-corrected chi connectivity index (χ1v) is 10.9. The van der Waals surface area contributed by atoms with Gasteiger partial charge in [-0.1, -0.05) is 72.8 Å². The number of aliphatic hydroxyl groups is 1. The molecule has 4 aromatic rings. The SMILES string of the molecule is O=C(N/N=C\c1ccc(OCc2cccc3ccccc23)c(Br)c1)[C@H](O)c1ccccc1. The second-order valence-corrected chi connectivity index (χ2v) is 8.02. The monoisotopic (exact) mass is 488 g/mol. The number of carbonyl (C=O) groups excluding carboxylic acids is 1. The Kier molecular flexibility index (Phi) is 6.94. The number of hydrogen-bond acceptors (Lipinski definition) is 4. The summed E-state index contributed by atoms with van der Waals surface area (Å²) in [5.41, 5.74) is 4.75. The van der Waals surface area contributed by atoms with E-state index in [0.29, 0.717) is 17.9 Å². The standard InChI is InChI=1S/C26H21BrN2O3/c27-23-15-18(16-28-29-26(31)25(30)20-8-2-1-3-9-20)13-14-24(23)32-17-21-11-6-10-19-7-4-5-12-22(19)21/h1-16,25,30H,17H2,(H,29,31)/b28-16-/t25-/m1/s1. The second-order valence-electron chi connectivity index (χ2n) is 7.16. The van der Waals surface area contributed by atoms with Crippen LogP contribution in [0.5, 0.6) is 5.75 Å². The average Bonchev–Trinajstić information content (AvgIpc) is 2.83. The molecule has 4 rings (SSSR count). The first-order valence-electron chi connectivity index (χ1n) is 10.1. The van der Waals surface area contributed by atoms with Crippen molar-refractivity contribution in [3.63, 3.8) is 0 Å². The fourth-order valence-corrected chi connectivity index (χ4v) is 3.82. The lowest BCUT2D eigenvalue weighted by atomic mass is 10.1. The highest BCUT2D eigenvalue weighted by Gasteiger charge is 2.16. The zero-order valence-electron chi connectivity index (χ0n) is 17.1. The van der Waals surface area contributed by atoms with Crippen molar-refractivity contribution < 1.29 is 14.6 Å². The van der Waals surface area contributed by atoms with E-state index in [1.165, 1.54) is 17.0 Å². The summed E-state index contributed by atoms with van der Waals surface area (Å²) >= 11 is 3.53. The van der Waals surface area contributed by atoms with Gasteiger partial charge in [-0.25, -0.2) is 5.43 Å². The first-order chi connectivity index (χ1) is 15.6. The van der Waals surface area contributed by atoms with E-state index in [2.05, 4.69) is 50.7 Å². The highest BCUT2D eigenvalue weighted by Crippen LogP contribution is 2.27. The minimum absolute atomic E-state index is 0.445. The van der Waals surface area contributed by atoms with Gasteiger partial charge in [0.2, 0.25) is 0 Å². The molecular weight excluding hydrogens is 468 g/mol. The molecule has 0 spiro atoms. The summed E-state index contributed by atoms with van der Waals surface area (Å²) in [5, 5.41) is 16.4. The predicted molar refractivity (Wildman–Crippen MR) is 130 cm³/mol. The Labute approximate surface area is 194 Å². The van der Waals surface area contributed by atoms with Gasteiger partial charge in [-0.3, -0.25) is 4.79 Å². The van der Waals surface area contributed by atoms with Crippen LogP contribution in [0.4, 0.5) is 0 Å². The van der Waals surface area contributed by atoms with E-state index in [9.17, 15) is 9.90 Å². The van der Waals surface area contributed by atoms with Crippen LogP contribution in [0.25, 0.3) is 10.8 Å². The molecular formula is C26H21BrN2O3. The first kappa shape index (κ1) is 21.7. The molecule has 0 aliphatic carbocycles. The Morgan fingerprint density at radius 1 is 1.00 bits per heavy atom. The third kappa shape index (κ3) is 5.22. The Hall–Kier alpha value is -3.48. The molecule has 0 aromatic heterocycles. The van der Waals surface area contributed by atoms with Gasteiger partial charge in [0, 0.05) is 0 Å². The van der Waals surface area contributed by atoms with Gasteiger partial charge in [-0.05, 0) is 61.6 Å². The normalized spacial score (nSPS) is 12.1. The number of carbonyl (C=O) groups is 1. The molecule has 2 N–H and O–H groups in total. The zero-order valence-corrected chi connectivity index (χ0v) is 18.7. The molecule has 4 aromatic carbocycles. The summed E-state index contributed by atoms with van der Waals surface area (Å²) in [4.78, 5) is 12.1. The molecule has 6 heteroatoms. The van der Waals surface area contributed by atoms with E-state index in [-0.39, 0.29) is 0 Å². The van der Waals surface area contributed by atoms with E-state index >= 15 is 0 Å². The van der Waals surface area contributed by atoms with Crippen molar-refractivity contribution in [2.24, 2.45) is 5.10 Å². The number of ether oxygens (including phenoxy) is 1. The van der Waals surface area contributed by atoms with E-state index in [4.69, 9.17) is 4.74 Å². The summed E-state index contributed by atoms with van der Waals surface area (Å²) in [7, 11) is 0. The molecule has 32 heavy (non-hydrogen) atoms. The Bertz CT molecular complexity index is 1250. The predicted octanol–water partition coefficient (Wildman–Crippen LogP) is 5.37. The van der Waals surface area contributed by atoms with Gasteiger partial charge in [0.05, 0.1) is 10.7 Å². The lowest BCUT2D eigenvalue weighted by Gasteiger charge is -2.11. The maximum absolute atomic E-state index is 12.1. The van der Waals surface area contributed by atoms with Crippen molar-refractivity contribution in [2.45, 2.75) is 12.7 Å². The van der Waals surface area contributed by atoms with Gasteiger partial charge in [0.1, 0.15) is 12.4 Å². The molecule has 0 radical (unpaired) electrons. The van der Waals surface area contributed by atoms with E-state index in [0.717, 1.165) is 15.6 Å². The van der Waals surface area contributed by atoms with Gasteiger partial charge in [0.25, 0.3) is 5.91 Å². The lowest BCUT2D eigenvalue weighted by molar-refractivity contribution is -0.129. The second kappa shape index (κ2) is 10.2. The van der Waals surface area contributed by atoms with Crippen molar-refractivity contribution in [3.8, 4) is 5.75 Å². The van der Waals surface area contributed by atoms with Crippen LogP contribution >= 0.6 is 15.9 Å². The molecule has 1 amide bonds. The fourth-order valence-electron chi connectivity index (χ4n) is 3.31. The molecule has 0 aliphatic heterocycles. The van der Waals surface area contributed by atoms with Crippen molar-refractivity contribution >= 4 is 38.8 Å². The van der Waals surface area contributed by atoms with Crippen LogP contribution in [0.3, 0.4) is 0 Å². The van der Waals surface area contributed by atoms with Crippen molar-refractivity contribution in [1.82, 2.24) is 5.43 Å². The molecule has 0 fully saturated rings. The summed E-state index contributed by atoms with van der Waals surface area (Å²) < 4.78 is 6.79.